The molecule has 0 aliphatic carbocycles. The Labute approximate surface area is 106 Å². The molecule has 0 aliphatic rings. The molecule has 0 aliphatic heterocycles. The monoisotopic (exact) mass is 334 g/mol. The van der Waals surface area contributed by atoms with Gasteiger partial charge in [0.2, 0.25) is 0 Å². The van der Waals surface area contributed by atoms with Crippen molar-refractivity contribution in [2.45, 2.75) is 19.3 Å². The number of rotatable bonds is 5. The van der Waals surface area contributed by atoms with Crippen molar-refractivity contribution in [1.29, 1.82) is 0 Å². The van der Waals surface area contributed by atoms with Gasteiger partial charge in [0, 0.05) is 9.80 Å². The van der Waals surface area contributed by atoms with Crippen LogP contribution in [0.3, 0.4) is 0 Å². The minimum absolute atomic E-state index is 0.0943. The maximum Gasteiger partial charge on any atom is 0.307 e. The zero-order chi connectivity index (χ0) is 11.3. The number of benzene rings is 1. The van der Waals surface area contributed by atoms with Gasteiger partial charge in [0.05, 0.1) is 6.42 Å². The van der Waals surface area contributed by atoms with Gasteiger partial charge in [0.25, 0.3) is 0 Å². The number of halogens is 2. The van der Waals surface area contributed by atoms with E-state index in [2.05, 4.69) is 31.9 Å². The molecule has 0 heterocycles. The fraction of sp³-hybridized carbons (Fsp3) is 0.364. The van der Waals surface area contributed by atoms with Crippen LogP contribution < -0.4 is 0 Å². The summed E-state index contributed by atoms with van der Waals surface area (Å²) in [5.74, 6) is -0.784. The molecule has 0 amide bonds. The van der Waals surface area contributed by atoms with Crippen LogP contribution in [-0.2, 0) is 17.6 Å². The largest absolute Gasteiger partial charge is 0.481 e. The fourth-order valence-corrected chi connectivity index (χ4v) is 2.34. The molecule has 1 rings (SSSR count). The highest BCUT2D eigenvalue weighted by Gasteiger charge is 2.09. The van der Waals surface area contributed by atoms with E-state index >= 15 is 0 Å². The normalized spacial score (nSPS) is 10.3. The Kier molecular flexibility index (Phi) is 5.32. The van der Waals surface area contributed by atoms with Gasteiger partial charge in [-0.05, 0) is 30.0 Å². The average molecular weight is 336 g/mol. The number of carboxylic acid groups (broad SMARTS) is 1. The summed E-state index contributed by atoms with van der Waals surface area (Å²) in [5, 5.41) is 9.71. The summed E-state index contributed by atoms with van der Waals surface area (Å²) in [4.78, 5) is 10.7. The second-order valence-corrected chi connectivity index (χ2v) is 4.89. The number of carbonyl (C=O) groups is 1. The quantitative estimate of drug-likeness (QED) is 0.837. The van der Waals surface area contributed by atoms with Gasteiger partial charge >= 0.3 is 5.97 Å². The molecular weight excluding hydrogens is 324 g/mol. The van der Waals surface area contributed by atoms with E-state index in [9.17, 15) is 4.79 Å². The predicted molar refractivity (Wildman–Crippen MR) is 67.6 cm³/mol. The molecule has 0 unspecified atom stereocenters. The summed E-state index contributed by atoms with van der Waals surface area (Å²) in [6.07, 6.45) is 2.00. The topological polar surface area (TPSA) is 37.3 Å². The van der Waals surface area contributed by atoms with E-state index in [1.807, 2.05) is 18.2 Å². The first-order valence-electron chi connectivity index (χ1n) is 4.69. The fourth-order valence-electron chi connectivity index (χ4n) is 1.46. The van der Waals surface area contributed by atoms with E-state index in [1.165, 1.54) is 0 Å². The van der Waals surface area contributed by atoms with Crippen LogP contribution in [0.4, 0.5) is 0 Å². The molecule has 82 valence electrons. The first-order chi connectivity index (χ1) is 7.15. The van der Waals surface area contributed by atoms with Crippen LogP contribution in [0.25, 0.3) is 0 Å². The van der Waals surface area contributed by atoms with Crippen molar-refractivity contribution in [1.82, 2.24) is 0 Å². The SMILES string of the molecule is O=C(O)Cc1cccc(Br)c1CCCBr. The number of carboxylic acids is 1. The van der Waals surface area contributed by atoms with Crippen molar-refractivity contribution < 1.29 is 9.90 Å². The Balaban J connectivity index is 2.92. The molecule has 0 fully saturated rings. The van der Waals surface area contributed by atoms with E-state index in [4.69, 9.17) is 5.11 Å². The van der Waals surface area contributed by atoms with Crippen molar-refractivity contribution in [3.63, 3.8) is 0 Å². The van der Waals surface area contributed by atoms with Gasteiger partial charge in [-0.1, -0.05) is 44.0 Å². The van der Waals surface area contributed by atoms with Crippen molar-refractivity contribution in [3.8, 4) is 0 Å². The number of alkyl halides is 1. The third kappa shape index (κ3) is 3.95. The average Bonchev–Trinajstić information content (AvgIpc) is 2.16. The van der Waals surface area contributed by atoms with Crippen molar-refractivity contribution in [2.75, 3.05) is 5.33 Å². The molecule has 15 heavy (non-hydrogen) atoms. The van der Waals surface area contributed by atoms with E-state index in [0.29, 0.717) is 0 Å². The minimum atomic E-state index is -0.784. The lowest BCUT2D eigenvalue weighted by atomic mass is 10.0. The summed E-state index contributed by atoms with van der Waals surface area (Å²) in [7, 11) is 0. The van der Waals surface area contributed by atoms with Gasteiger partial charge in [0.15, 0.2) is 0 Å². The van der Waals surface area contributed by atoms with Gasteiger partial charge in [-0.25, -0.2) is 0 Å². The van der Waals surface area contributed by atoms with Crippen molar-refractivity contribution >= 4 is 37.8 Å². The maximum atomic E-state index is 10.7. The molecule has 1 aromatic carbocycles. The molecule has 0 radical (unpaired) electrons. The van der Waals surface area contributed by atoms with E-state index in [-0.39, 0.29) is 6.42 Å². The molecule has 0 spiro atoms. The lowest BCUT2D eigenvalue weighted by Gasteiger charge is -2.09. The molecule has 0 bridgehead atoms. The Morgan fingerprint density at radius 1 is 1.40 bits per heavy atom. The van der Waals surface area contributed by atoms with Crippen LogP contribution >= 0.6 is 31.9 Å². The number of hydrogen-bond donors (Lipinski definition) is 1. The van der Waals surface area contributed by atoms with Gasteiger partial charge in [-0.15, -0.1) is 0 Å². The summed E-state index contributed by atoms with van der Waals surface area (Å²) in [6, 6.07) is 5.71. The Morgan fingerprint density at radius 3 is 2.73 bits per heavy atom. The van der Waals surface area contributed by atoms with Gasteiger partial charge in [0.1, 0.15) is 0 Å². The van der Waals surface area contributed by atoms with Crippen LogP contribution in [0, 0.1) is 0 Å². The van der Waals surface area contributed by atoms with E-state index in [1.54, 1.807) is 0 Å². The molecule has 4 heteroatoms. The zero-order valence-corrected chi connectivity index (χ0v) is 11.3. The highest BCUT2D eigenvalue weighted by molar-refractivity contribution is 9.10. The third-order valence-corrected chi connectivity index (χ3v) is 3.42. The summed E-state index contributed by atoms with van der Waals surface area (Å²) < 4.78 is 1.00. The molecule has 1 aromatic rings. The van der Waals surface area contributed by atoms with Gasteiger partial charge in [-0.3, -0.25) is 4.79 Å². The smallest absolute Gasteiger partial charge is 0.307 e. The Bertz CT molecular complexity index is 350. The summed E-state index contributed by atoms with van der Waals surface area (Å²) >= 11 is 6.83. The van der Waals surface area contributed by atoms with Crippen LogP contribution in [0.1, 0.15) is 17.5 Å². The minimum Gasteiger partial charge on any atom is -0.481 e. The number of hydrogen-bond acceptors (Lipinski definition) is 1. The molecular formula is C11H12Br2O2. The molecule has 0 saturated heterocycles. The lowest BCUT2D eigenvalue weighted by Crippen LogP contribution is -2.04. The molecule has 0 aromatic heterocycles. The summed E-state index contributed by atoms with van der Waals surface area (Å²) in [5.41, 5.74) is 2.01. The van der Waals surface area contributed by atoms with Gasteiger partial charge < -0.3 is 5.11 Å². The second kappa shape index (κ2) is 6.28. The van der Waals surface area contributed by atoms with E-state index in [0.717, 1.165) is 33.8 Å². The van der Waals surface area contributed by atoms with Crippen LogP contribution in [0.2, 0.25) is 0 Å². The first-order valence-corrected chi connectivity index (χ1v) is 6.60. The Hall–Kier alpha value is -0.350. The molecule has 0 atom stereocenters. The van der Waals surface area contributed by atoms with E-state index < -0.39 is 5.97 Å². The van der Waals surface area contributed by atoms with Gasteiger partial charge in [-0.2, -0.15) is 0 Å². The standard InChI is InChI=1S/C11H12Br2O2/c12-6-2-4-9-8(7-11(14)15)3-1-5-10(9)13/h1,3,5H,2,4,6-7H2,(H,14,15). The first kappa shape index (κ1) is 12.7. The summed E-state index contributed by atoms with van der Waals surface area (Å²) in [6.45, 7) is 0. The Morgan fingerprint density at radius 2 is 2.13 bits per heavy atom. The van der Waals surface area contributed by atoms with Crippen LogP contribution in [-0.4, -0.2) is 16.4 Å². The third-order valence-electron chi connectivity index (χ3n) is 2.12. The van der Waals surface area contributed by atoms with Crippen molar-refractivity contribution in [2.24, 2.45) is 0 Å². The van der Waals surface area contributed by atoms with Crippen LogP contribution in [0.5, 0.6) is 0 Å². The van der Waals surface area contributed by atoms with Crippen molar-refractivity contribution in [3.05, 3.63) is 33.8 Å². The number of aliphatic carboxylic acids is 1. The highest BCUT2D eigenvalue weighted by atomic mass is 79.9. The zero-order valence-electron chi connectivity index (χ0n) is 8.17. The molecule has 1 N–H and O–H groups in total. The lowest BCUT2D eigenvalue weighted by molar-refractivity contribution is -0.136. The predicted octanol–water partition coefficient (Wildman–Crippen LogP) is 3.40. The maximum absolute atomic E-state index is 10.7. The molecule has 2 nitrogen and oxygen atoms in total. The highest BCUT2D eigenvalue weighted by Crippen LogP contribution is 2.23. The van der Waals surface area contributed by atoms with Crippen LogP contribution in [0.15, 0.2) is 22.7 Å². The molecule has 0 saturated carbocycles. The second-order valence-electron chi connectivity index (χ2n) is 3.24.